The van der Waals surface area contributed by atoms with Crippen molar-refractivity contribution in [2.24, 2.45) is 0 Å². The molecular weight excluding hydrogens is 352 g/mol. The van der Waals surface area contributed by atoms with Crippen molar-refractivity contribution in [2.75, 3.05) is 13.7 Å². The number of halogens is 1. The van der Waals surface area contributed by atoms with Gasteiger partial charge in [0.1, 0.15) is 0 Å². The molecule has 26 heavy (non-hydrogen) atoms. The van der Waals surface area contributed by atoms with Crippen molar-refractivity contribution in [2.45, 2.75) is 40.3 Å². The number of aryl methyl sites for hydroxylation is 1. The number of Topliss-reactive ketones (excluding diaryl/α,β-unsaturated/α-hetero) is 1. The van der Waals surface area contributed by atoms with Crippen molar-refractivity contribution in [3.63, 3.8) is 0 Å². The van der Waals surface area contributed by atoms with Crippen LogP contribution in [0, 0.1) is 13.8 Å². The van der Waals surface area contributed by atoms with Gasteiger partial charge in [-0.15, -0.1) is 0 Å². The van der Waals surface area contributed by atoms with Crippen molar-refractivity contribution < 1.29 is 14.3 Å². The molecule has 1 heterocycles. The number of carbonyl (C=O) groups excluding carboxylic acids is 2. The minimum absolute atomic E-state index is 0.0642. The van der Waals surface area contributed by atoms with Gasteiger partial charge in [0.15, 0.2) is 5.78 Å². The minimum Gasteiger partial charge on any atom is -0.462 e. The third-order valence-electron chi connectivity index (χ3n) is 4.53. The number of carbonyl (C=O) groups is 2. The zero-order valence-electron chi connectivity index (χ0n) is 15.9. The first-order valence-corrected chi connectivity index (χ1v) is 8.99. The van der Waals surface area contributed by atoms with Crippen molar-refractivity contribution in [1.29, 1.82) is 0 Å². The lowest BCUT2D eigenvalue weighted by atomic mass is 10.0. The minimum atomic E-state index is -0.405. The fourth-order valence-corrected chi connectivity index (χ4v) is 3.19. The number of ketones is 1. The number of nitrogens with one attached hydrogen (secondary N) is 1. The number of H-pyrrole nitrogens is 1. The lowest BCUT2D eigenvalue weighted by Crippen LogP contribution is -2.36. The molecule has 0 amide bonds. The highest BCUT2D eigenvalue weighted by Crippen LogP contribution is 2.22. The number of nitrogens with zero attached hydrogens (tertiary/aromatic N) is 1. The van der Waals surface area contributed by atoms with E-state index in [-0.39, 0.29) is 11.8 Å². The van der Waals surface area contributed by atoms with Crippen molar-refractivity contribution in [3.8, 4) is 0 Å². The molecule has 0 aliphatic rings. The molecule has 0 saturated carbocycles. The summed E-state index contributed by atoms with van der Waals surface area (Å²) in [5.41, 5.74) is 3.21. The fourth-order valence-electron chi connectivity index (χ4n) is 2.98. The molecule has 0 bridgehead atoms. The molecular formula is C20H25ClN2O3. The molecule has 2 rings (SSSR count). The van der Waals surface area contributed by atoms with Gasteiger partial charge in [0.05, 0.1) is 23.9 Å². The van der Waals surface area contributed by atoms with Gasteiger partial charge in [-0.2, -0.15) is 0 Å². The van der Waals surface area contributed by atoms with Crippen LogP contribution in [-0.2, 0) is 11.3 Å². The van der Waals surface area contributed by atoms with Gasteiger partial charge in [0.2, 0.25) is 0 Å². The van der Waals surface area contributed by atoms with E-state index in [0.717, 1.165) is 5.56 Å². The Kier molecular flexibility index (Phi) is 6.62. The quantitative estimate of drug-likeness (QED) is 0.582. The molecule has 0 aliphatic heterocycles. The number of hydrogen-bond acceptors (Lipinski definition) is 4. The molecule has 2 aromatic rings. The van der Waals surface area contributed by atoms with Crippen molar-refractivity contribution >= 4 is 23.4 Å². The molecule has 0 spiro atoms. The maximum atomic E-state index is 13.0. The van der Waals surface area contributed by atoms with Gasteiger partial charge in [0.25, 0.3) is 0 Å². The standard InChI is InChI=1S/C20H25ClN2O3/c1-6-26-20(25)17-12(2)18(22-13(17)3)19(24)14(4)23(5)11-15-8-7-9-16(21)10-15/h7-10,14,22H,6,11H2,1-5H3. The summed E-state index contributed by atoms with van der Waals surface area (Å²) >= 11 is 6.03. The molecule has 0 fully saturated rings. The summed E-state index contributed by atoms with van der Waals surface area (Å²) in [4.78, 5) is 30.1. The first-order chi connectivity index (χ1) is 12.3. The van der Waals surface area contributed by atoms with E-state index in [1.54, 1.807) is 20.8 Å². The maximum absolute atomic E-state index is 13.0. The van der Waals surface area contributed by atoms with Crippen LogP contribution in [-0.4, -0.2) is 41.3 Å². The van der Waals surface area contributed by atoms with Crippen LogP contribution in [0.3, 0.4) is 0 Å². The molecule has 5 nitrogen and oxygen atoms in total. The highest BCUT2D eigenvalue weighted by atomic mass is 35.5. The summed E-state index contributed by atoms with van der Waals surface area (Å²) in [5, 5.41) is 0.671. The first kappa shape index (κ1) is 20.2. The smallest absolute Gasteiger partial charge is 0.340 e. The monoisotopic (exact) mass is 376 g/mol. The van der Waals surface area contributed by atoms with Crippen LogP contribution in [0.2, 0.25) is 5.02 Å². The Morgan fingerprint density at radius 1 is 1.31 bits per heavy atom. The second-order valence-corrected chi connectivity index (χ2v) is 6.87. The Labute approximate surface area is 159 Å². The van der Waals surface area contributed by atoms with E-state index >= 15 is 0 Å². The normalized spacial score (nSPS) is 12.3. The van der Waals surface area contributed by atoms with Crippen molar-refractivity contribution in [1.82, 2.24) is 9.88 Å². The summed E-state index contributed by atoms with van der Waals surface area (Å²) in [6.45, 7) is 8.05. The zero-order chi connectivity index (χ0) is 19.4. The molecule has 1 aromatic heterocycles. The number of aromatic nitrogens is 1. The molecule has 140 valence electrons. The van der Waals surface area contributed by atoms with Gasteiger partial charge in [-0.05, 0) is 58.0 Å². The highest BCUT2D eigenvalue weighted by molar-refractivity contribution is 6.30. The second kappa shape index (κ2) is 8.52. The molecule has 1 aromatic carbocycles. The number of rotatable bonds is 7. The highest BCUT2D eigenvalue weighted by Gasteiger charge is 2.27. The average Bonchev–Trinajstić information content (AvgIpc) is 2.88. The van der Waals surface area contributed by atoms with Gasteiger partial charge in [-0.25, -0.2) is 4.79 Å². The van der Waals surface area contributed by atoms with E-state index in [1.807, 2.05) is 43.1 Å². The summed E-state index contributed by atoms with van der Waals surface area (Å²) in [6.07, 6.45) is 0. The number of aromatic amines is 1. The van der Waals surface area contributed by atoms with Crippen LogP contribution >= 0.6 is 11.6 Å². The van der Waals surface area contributed by atoms with Gasteiger partial charge in [0, 0.05) is 17.3 Å². The zero-order valence-corrected chi connectivity index (χ0v) is 16.6. The molecule has 0 aliphatic carbocycles. The van der Waals surface area contributed by atoms with Crippen LogP contribution in [0.15, 0.2) is 24.3 Å². The van der Waals surface area contributed by atoms with Crippen LogP contribution < -0.4 is 0 Å². The summed E-state index contributed by atoms with van der Waals surface area (Å²) in [6, 6.07) is 7.21. The number of esters is 1. The largest absolute Gasteiger partial charge is 0.462 e. The molecule has 1 unspecified atom stereocenters. The third-order valence-corrected chi connectivity index (χ3v) is 4.76. The number of ether oxygens (including phenoxy) is 1. The number of hydrogen-bond donors (Lipinski definition) is 1. The second-order valence-electron chi connectivity index (χ2n) is 6.43. The lowest BCUT2D eigenvalue weighted by molar-refractivity contribution is 0.0525. The summed E-state index contributed by atoms with van der Waals surface area (Å²) < 4.78 is 5.09. The Hall–Kier alpha value is -2.11. The predicted molar refractivity (Wildman–Crippen MR) is 103 cm³/mol. The first-order valence-electron chi connectivity index (χ1n) is 8.61. The summed E-state index contributed by atoms with van der Waals surface area (Å²) in [7, 11) is 1.89. The SMILES string of the molecule is CCOC(=O)c1c(C)[nH]c(C(=O)C(C)N(C)Cc2cccc(Cl)c2)c1C. The van der Waals surface area contributed by atoms with Crippen LogP contribution in [0.4, 0.5) is 0 Å². The predicted octanol–water partition coefficient (Wildman–Crippen LogP) is 4.16. The number of likely N-dealkylation sites (N-methyl/N-ethyl adjacent to an activating group) is 1. The van der Waals surface area contributed by atoms with Crippen LogP contribution in [0.25, 0.3) is 0 Å². The van der Waals surface area contributed by atoms with E-state index < -0.39 is 5.97 Å². The van der Waals surface area contributed by atoms with E-state index in [1.165, 1.54) is 0 Å². The maximum Gasteiger partial charge on any atom is 0.340 e. The van der Waals surface area contributed by atoms with Gasteiger partial charge < -0.3 is 9.72 Å². The van der Waals surface area contributed by atoms with Gasteiger partial charge >= 0.3 is 5.97 Å². The van der Waals surface area contributed by atoms with Gasteiger partial charge in [-0.3, -0.25) is 9.69 Å². The molecule has 1 N–H and O–H groups in total. The van der Waals surface area contributed by atoms with E-state index in [9.17, 15) is 9.59 Å². The van der Waals surface area contributed by atoms with Crippen molar-refractivity contribution in [3.05, 3.63) is 57.4 Å². The van der Waals surface area contributed by atoms with Gasteiger partial charge in [-0.1, -0.05) is 23.7 Å². The lowest BCUT2D eigenvalue weighted by Gasteiger charge is -2.23. The molecule has 1 atom stereocenters. The summed E-state index contributed by atoms with van der Waals surface area (Å²) in [5.74, 6) is -0.469. The number of benzene rings is 1. The fraction of sp³-hybridized carbons (Fsp3) is 0.400. The Bertz CT molecular complexity index is 813. The van der Waals surface area contributed by atoms with E-state index in [2.05, 4.69) is 4.98 Å². The van der Waals surface area contributed by atoms with Crippen LogP contribution in [0.5, 0.6) is 0 Å². The Balaban J connectivity index is 2.20. The van der Waals surface area contributed by atoms with E-state index in [0.29, 0.717) is 40.7 Å². The van der Waals surface area contributed by atoms with E-state index in [4.69, 9.17) is 16.3 Å². The Morgan fingerprint density at radius 2 is 2.00 bits per heavy atom. The topological polar surface area (TPSA) is 62.4 Å². The Morgan fingerprint density at radius 3 is 2.62 bits per heavy atom. The molecule has 6 heteroatoms. The molecule has 0 radical (unpaired) electrons. The third kappa shape index (κ3) is 4.34. The van der Waals surface area contributed by atoms with Crippen LogP contribution in [0.1, 0.15) is 51.5 Å². The average molecular weight is 377 g/mol. The molecule has 0 saturated heterocycles.